The van der Waals surface area contributed by atoms with E-state index >= 15 is 0 Å². The maximum absolute atomic E-state index is 13.5. The maximum atomic E-state index is 13.5. The number of ether oxygens (including phenoxy) is 2. The van der Waals surface area contributed by atoms with Gasteiger partial charge in [-0.25, -0.2) is 9.18 Å². The van der Waals surface area contributed by atoms with Crippen LogP contribution in [0, 0.1) is 5.82 Å². The summed E-state index contributed by atoms with van der Waals surface area (Å²) in [6.07, 6.45) is 0.428. The third-order valence-corrected chi connectivity index (χ3v) is 4.73. The van der Waals surface area contributed by atoms with E-state index in [2.05, 4.69) is 5.32 Å². The second kappa shape index (κ2) is 9.82. The number of halogens is 1. The topological polar surface area (TPSA) is 81.7 Å². The minimum absolute atomic E-state index is 0.193. The van der Waals surface area contributed by atoms with Gasteiger partial charge in [0, 0.05) is 4.88 Å². The summed E-state index contributed by atoms with van der Waals surface area (Å²) < 4.78 is 23.4. The summed E-state index contributed by atoms with van der Waals surface area (Å²) in [7, 11) is 0. The number of rotatable bonds is 8. The SMILES string of the molecule is CCOC(=O)c1cc(CC)sc1NC(=O)COC(=O)Cc1ccccc1F. The van der Waals surface area contributed by atoms with Gasteiger partial charge in [0.1, 0.15) is 10.8 Å². The number of hydrogen-bond acceptors (Lipinski definition) is 6. The van der Waals surface area contributed by atoms with Crippen LogP contribution in [-0.2, 0) is 31.9 Å². The van der Waals surface area contributed by atoms with Crippen molar-refractivity contribution in [3.8, 4) is 0 Å². The van der Waals surface area contributed by atoms with Crippen molar-refractivity contribution < 1.29 is 28.2 Å². The van der Waals surface area contributed by atoms with Gasteiger partial charge in [-0.1, -0.05) is 25.1 Å². The Hall–Kier alpha value is -2.74. The van der Waals surface area contributed by atoms with Gasteiger partial charge in [-0.05, 0) is 31.0 Å². The molecule has 6 nitrogen and oxygen atoms in total. The summed E-state index contributed by atoms with van der Waals surface area (Å²) in [5, 5.41) is 2.91. The highest BCUT2D eigenvalue weighted by Gasteiger charge is 2.19. The van der Waals surface area contributed by atoms with Gasteiger partial charge in [-0.15, -0.1) is 11.3 Å². The van der Waals surface area contributed by atoms with E-state index in [1.807, 2.05) is 6.92 Å². The largest absolute Gasteiger partial charge is 0.462 e. The van der Waals surface area contributed by atoms with Gasteiger partial charge in [-0.3, -0.25) is 9.59 Å². The highest BCUT2D eigenvalue weighted by Crippen LogP contribution is 2.29. The number of amides is 1. The second-order valence-corrected chi connectivity index (χ2v) is 6.64. The molecular weight excluding hydrogens is 373 g/mol. The second-order valence-electron chi connectivity index (χ2n) is 5.51. The molecule has 0 radical (unpaired) electrons. The van der Waals surface area contributed by atoms with Crippen molar-refractivity contribution in [3.05, 3.63) is 52.2 Å². The van der Waals surface area contributed by atoms with Crippen LogP contribution in [0.5, 0.6) is 0 Å². The van der Waals surface area contributed by atoms with Crippen LogP contribution < -0.4 is 5.32 Å². The highest BCUT2D eigenvalue weighted by atomic mass is 32.1. The molecule has 0 aliphatic carbocycles. The molecule has 2 aromatic rings. The standard InChI is InChI=1S/C19H20FNO5S/c1-3-13-10-14(19(24)25-4-2)18(27-13)21-16(22)11-26-17(23)9-12-7-5-6-8-15(12)20/h5-8,10H,3-4,9,11H2,1-2H3,(H,21,22). The van der Waals surface area contributed by atoms with E-state index in [-0.39, 0.29) is 24.2 Å². The Morgan fingerprint density at radius 2 is 1.89 bits per heavy atom. The molecule has 0 saturated carbocycles. The van der Waals surface area contributed by atoms with E-state index in [1.54, 1.807) is 19.1 Å². The summed E-state index contributed by atoms with van der Waals surface area (Å²) >= 11 is 1.26. The van der Waals surface area contributed by atoms with Gasteiger partial charge in [0.25, 0.3) is 5.91 Å². The van der Waals surface area contributed by atoms with Gasteiger partial charge in [0.15, 0.2) is 6.61 Å². The van der Waals surface area contributed by atoms with Crippen molar-refractivity contribution in [2.45, 2.75) is 26.7 Å². The van der Waals surface area contributed by atoms with Crippen LogP contribution in [0.1, 0.15) is 34.6 Å². The number of anilines is 1. The van der Waals surface area contributed by atoms with E-state index in [1.165, 1.54) is 29.5 Å². The summed E-state index contributed by atoms with van der Waals surface area (Å²) in [5.74, 6) is -2.35. The predicted molar refractivity (Wildman–Crippen MR) is 99.3 cm³/mol. The summed E-state index contributed by atoms with van der Waals surface area (Å²) in [6, 6.07) is 7.51. The zero-order valence-corrected chi connectivity index (χ0v) is 15.9. The number of aryl methyl sites for hydroxylation is 1. The van der Waals surface area contributed by atoms with Crippen molar-refractivity contribution in [2.75, 3.05) is 18.5 Å². The minimum Gasteiger partial charge on any atom is -0.462 e. The first-order chi connectivity index (χ1) is 12.9. The van der Waals surface area contributed by atoms with E-state index < -0.39 is 30.3 Å². The Balaban J connectivity index is 1.93. The van der Waals surface area contributed by atoms with Gasteiger partial charge in [0.2, 0.25) is 0 Å². The lowest BCUT2D eigenvalue weighted by Gasteiger charge is -2.07. The molecule has 0 bridgehead atoms. The maximum Gasteiger partial charge on any atom is 0.341 e. The normalized spacial score (nSPS) is 10.3. The van der Waals surface area contributed by atoms with E-state index in [9.17, 15) is 18.8 Å². The molecule has 0 spiro atoms. The van der Waals surface area contributed by atoms with Crippen LogP contribution in [0.3, 0.4) is 0 Å². The van der Waals surface area contributed by atoms with Gasteiger partial charge < -0.3 is 14.8 Å². The van der Waals surface area contributed by atoms with Gasteiger partial charge in [0.05, 0.1) is 18.6 Å². The molecule has 1 amide bonds. The number of nitrogens with one attached hydrogen (secondary N) is 1. The molecule has 27 heavy (non-hydrogen) atoms. The first kappa shape index (κ1) is 20.6. The monoisotopic (exact) mass is 393 g/mol. The third-order valence-electron chi connectivity index (χ3n) is 3.54. The molecule has 1 N–H and O–H groups in total. The number of thiophene rings is 1. The lowest BCUT2D eigenvalue weighted by atomic mass is 10.1. The number of carbonyl (C=O) groups excluding carboxylic acids is 3. The molecule has 0 unspecified atom stereocenters. The quantitative estimate of drug-likeness (QED) is 0.696. The predicted octanol–water partition coefficient (Wildman–Crippen LogP) is 3.35. The summed E-state index contributed by atoms with van der Waals surface area (Å²) in [4.78, 5) is 36.7. The average Bonchev–Trinajstić information content (AvgIpc) is 3.05. The molecule has 1 heterocycles. The number of esters is 2. The number of carbonyl (C=O) groups is 3. The molecule has 1 aromatic heterocycles. The zero-order valence-electron chi connectivity index (χ0n) is 15.0. The van der Waals surface area contributed by atoms with Crippen molar-refractivity contribution in [1.82, 2.24) is 0 Å². The van der Waals surface area contributed by atoms with Crippen molar-refractivity contribution in [3.63, 3.8) is 0 Å². The Bertz CT molecular complexity index is 833. The molecule has 0 aliphatic rings. The Kier molecular flexibility index (Phi) is 7.48. The molecule has 144 valence electrons. The fourth-order valence-corrected chi connectivity index (χ4v) is 3.23. The molecule has 1 aromatic carbocycles. The lowest BCUT2D eigenvalue weighted by molar-refractivity contribution is -0.146. The minimum atomic E-state index is -0.721. The fourth-order valence-electron chi connectivity index (χ4n) is 2.23. The molecule has 0 saturated heterocycles. The highest BCUT2D eigenvalue weighted by molar-refractivity contribution is 7.16. The summed E-state index contributed by atoms with van der Waals surface area (Å²) in [6.45, 7) is 3.31. The Morgan fingerprint density at radius 1 is 1.15 bits per heavy atom. The summed E-state index contributed by atoms with van der Waals surface area (Å²) in [5.41, 5.74) is 0.461. The molecule has 2 rings (SSSR count). The van der Waals surface area contributed by atoms with Gasteiger partial charge in [-0.2, -0.15) is 0 Å². The van der Waals surface area contributed by atoms with Crippen LogP contribution >= 0.6 is 11.3 Å². The van der Waals surface area contributed by atoms with Crippen LogP contribution in [0.4, 0.5) is 9.39 Å². The average molecular weight is 393 g/mol. The Morgan fingerprint density at radius 3 is 2.56 bits per heavy atom. The van der Waals surface area contributed by atoms with Crippen molar-refractivity contribution >= 4 is 34.2 Å². The molecule has 0 atom stereocenters. The third kappa shape index (κ3) is 5.89. The van der Waals surface area contributed by atoms with Crippen LogP contribution in [0.2, 0.25) is 0 Å². The van der Waals surface area contributed by atoms with Gasteiger partial charge >= 0.3 is 11.9 Å². The smallest absolute Gasteiger partial charge is 0.341 e. The van der Waals surface area contributed by atoms with E-state index in [0.29, 0.717) is 11.4 Å². The van der Waals surface area contributed by atoms with Crippen LogP contribution in [-0.4, -0.2) is 31.1 Å². The first-order valence-corrected chi connectivity index (χ1v) is 9.24. The van der Waals surface area contributed by atoms with Crippen molar-refractivity contribution in [2.24, 2.45) is 0 Å². The first-order valence-electron chi connectivity index (χ1n) is 8.43. The molecule has 8 heteroatoms. The van der Waals surface area contributed by atoms with E-state index in [4.69, 9.17) is 9.47 Å². The van der Waals surface area contributed by atoms with Crippen LogP contribution in [0.25, 0.3) is 0 Å². The molecule has 0 aliphatic heterocycles. The lowest BCUT2D eigenvalue weighted by Crippen LogP contribution is -2.22. The van der Waals surface area contributed by atoms with Crippen LogP contribution in [0.15, 0.2) is 30.3 Å². The Labute approximate surface area is 160 Å². The number of benzene rings is 1. The van der Waals surface area contributed by atoms with Crippen molar-refractivity contribution in [1.29, 1.82) is 0 Å². The zero-order chi connectivity index (χ0) is 19.8. The number of hydrogen-bond donors (Lipinski definition) is 1. The van der Waals surface area contributed by atoms with E-state index in [0.717, 1.165) is 4.88 Å². The fraction of sp³-hybridized carbons (Fsp3) is 0.316. The molecule has 0 fully saturated rings. The molecular formula is C19H20FNO5S.